The first-order valence-corrected chi connectivity index (χ1v) is 7.50. The van der Waals surface area contributed by atoms with Gasteiger partial charge in [-0.1, -0.05) is 22.9 Å². The van der Waals surface area contributed by atoms with Crippen molar-refractivity contribution in [3.05, 3.63) is 38.0 Å². The SMILES string of the molecule is [3H]c1csc(OCc2c(Cl)csc2-n2nnn(C)c2=O)n1. The Balaban J connectivity index is 1.90. The third-order valence-electron chi connectivity index (χ3n) is 2.44. The van der Waals surface area contributed by atoms with Crippen LogP contribution in [0.15, 0.2) is 21.7 Å². The number of nitrogens with zero attached hydrogens (tertiary/aromatic N) is 5. The Morgan fingerprint density at radius 2 is 2.35 bits per heavy atom. The average molecular weight is 332 g/mol. The van der Waals surface area contributed by atoms with Gasteiger partial charge in [0.05, 0.1) is 6.39 Å². The van der Waals surface area contributed by atoms with Gasteiger partial charge < -0.3 is 4.74 Å². The van der Waals surface area contributed by atoms with E-state index in [1.165, 1.54) is 34.4 Å². The monoisotopic (exact) mass is 331 g/mol. The largest absolute Gasteiger partial charge is 0.465 e. The molecule has 0 spiro atoms. The second-order valence-corrected chi connectivity index (χ2v) is 5.78. The van der Waals surface area contributed by atoms with E-state index in [4.69, 9.17) is 17.7 Å². The second-order valence-electron chi connectivity index (χ2n) is 3.70. The zero-order valence-corrected chi connectivity index (χ0v) is 12.5. The number of thiazole rings is 1. The van der Waals surface area contributed by atoms with E-state index in [2.05, 4.69) is 15.4 Å². The van der Waals surface area contributed by atoms with Crippen molar-refractivity contribution in [3.8, 4) is 10.2 Å². The molecule has 7 nitrogen and oxygen atoms in total. The molecule has 0 atom stereocenters. The molecule has 0 amide bonds. The van der Waals surface area contributed by atoms with E-state index in [-0.39, 0.29) is 18.5 Å². The van der Waals surface area contributed by atoms with Crippen LogP contribution in [0.1, 0.15) is 6.93 Å². The van der Waals surface area contributed by atoms with Crippen molar-refractivity contribution in [2.45, 2.75) is 6.61 Å². The van der Waals surface area contributed by atoms with Crippen LogP contribution in [0, 0.1) is 0 Å². The van der Waals surface area contributed by atoms with E-state index in [9.17, 15) is 4.79 Å². The van der Waals surface area contributed by atoms with Crippen LogP contribution in [0.5, 0.6) is 5.19 Å². The molecule has 0 aliphatic carbocycles. The molecular weight excluding hydrogens is 322 g/mol. The summed E-state index contributed by atoms with van der Waals surface area (Å²) in [5, 5.41) is 12.1. The smallest absolute Gasteiger partial charge is 0.368 e. The first-order valence-electron chi connectivity index (χ1n) is 5.86. The minimum Gasteiger partial charge on any atom is -0.465 e. The van der Waals surface area contributed by atoms with Crippen LogP contribution < -0.4 is 10.4 Å². The van der Waals surface area contributed by atoms with Crippen LogP contribution in [0.25, 0.3) is 5.00 Å². The molecule has 0 fully saturated rings. The minimum atomic E-state index is -0.363. The van der Waals surface area contributed by atoms with Gasteiger partial charge in [0.2, 0.25) is 0 Å². The molecular formula is C10H8ClN5O2S2. The highest BCUT2D eigenvalue weighted by atomic mass is 35.5. The topological polar surface area (TPSA) is 74.8 Å². The highest BCUT2D eigenvalue weighted by Crippen LogP contribution is 2.30. The van der Waals surface area contributed by atoms with Crippen molar-refractivity contribution in [1.82, 2.24) is 24.8 Å². The van der Waals surface area contributed by atoms with Crippen molar-refractivity contribution in [1.29, 1.82) is 0 Å². The predicted molar refractivity (Wildman–Crippen MR) is 75.9 cm³/mol. The Labute approximate surface area is 127 Å². The fraction of sp³-hybridized carbons (Fsp3) is 0.200. The van der Waals surface area contributed by atoms with E-state index >= 15 is 0 Å². The summed E-state index contributed by atoms with van der Waals surface area (Å²) < 4.78 is 15.2. The molecule has 104 valence electrons. The van der Waals surface area contributed by atoms with E-state index in [1.807, 2.05) is 0 Å². The fourth-order valence-electron chi connectivity index (χ4n) is 1.48. The number of halogens is 1. The molecule has 0 bridgehead atoms. The summed E-state index contributed by atoms with van der Waals surface area (Å²) in [5.41, 5.74) is 0.267. The normalized spacial score (nSPS) is 11.6. The van der Waals surface area contributed by atoms with E-state index < -0.39 is 0 Å². The summed E-state index contributed by atoms with van der Waals surface area (Å²) >= 11 is 8.63. The Hall–Kier alpha value is -1.71. The van der Waals surface area contributed by atoms with Crippen molar-refractivity contribution < 1.29 is 6.11 Å². The fourth-order valence-corrected chi connectivity index (χ4v) is 3.14. The molecule has 0 saturated heterocycles. The van der Waals surface area contributed by atoms with Crippen LogP contribution in [-0.2, 0) is 13.7 Å². The lowest BCUT2D eigenvalue weighted by Gasteiger charge is -2.04. The third kappa shape index (κ3) is 2.35. The van der Waals surface area contributed by atoms with Gasteiger partial charge in [0.25, 0.3) is 5.19 Å². The summed E-state index contributed by atoms with van der Waals surface area (Å²) in [5.74, 6) is 0. The number of hydrogen-bond acceptors (Lipinski definition) is 7. The molecule has 3 aromatic rings. The van der Waals surface area contributed by atoms with Gasteiger partial charge in [0.1, 0.15) is 11.6 Å². The summed E-state index contributed by atoms with van der Waals surface area (Å²) in [6, 6.07) is 0. The standard InChI is InChI=1S/C10H8ClN5O2S2/c1-15-10(17)16(14-13-15)8-6(7(11)5-20-8)4-18-9-12-2-3-19-9/h2-3,5H,4H2,1H3/i2T. The zero-order valence-electron chi connectivity index (χ0n) is 11.1. The molecule has 0 unspecified atom stereocenters. The molecule has 0 saturated carbocycles. The highest BCUT2D eigenvalue weighted by molar-refractivity contribution is 7.13. The molecule has 3 aromatic heterocycles. The second kappa shape index (κ2) is 5.35. The number of hydrogen-bond donors (Lipinski definition) is 0. The number of ether oxygens (including phenoxy) is 1. The van der Waals surface area contributed by atoms with Gasteiger partial charge >= 0.3 is 5.69 Å². The molecule has 0 aliphatic rings. The van der Waals surface area contributed by atoms with Crippen molar-refractivity contribution >= 4 is 34.3 Å². The van der Waals surface area contributed by atoms with Gasteiger partial charge in [-0.2, -0.15) is 4.68 Å². The minimum absolute atomic E-state index is 0.133. The Kier molecular flexibility index (Phi) is 3.23. The molecule has 0 aromatic carbocycles. The number of rotatable bonds is 4. The van der Waals surface area contributed by atoms with Gasteiger partial charge in [-0.3, -0.25) is 0 Å². The number of thiophene rings is 1. The molecule has 0 aliphatic heterocycles. The maximum Gasteiger partial charge on any atom is 0.368 e. The Morgan fingerprint density at radius 1 is 1.50 bits per heavy atom. The molecule has 0 N–H and O–H groups in total. The Morgan fingerprint density at radius 3 is 3.00 bits per heavy atom. The van der Waals surface area contributed by atoms with Crippen LogP contribution in [0.3, 0.4) is 0 Å². The predicted octanol–water partition coefficient (Wildman–Crippen LogP) is 1.72. The molecule has 3 rings (SSSR count). The summed E-state index contributed by atoms with van der Waals surface area (Å²) in [6.45, 7) is 0.133. The van der Waals surface area contributed by atoms with Crippen LogP contribution in [0.2, 0.25) is 5.02 Å². The molecule has 0 radical (unpaired) electrons. The molecule has 3 heterocycles. The summed E-state index contributed by atoms with van der Waals surface area (Å²) in [6.07, 6.45) is 0.150. The first kappa shape index (κ1) is 12.1. The summed E-state index contributed by atoms with van der Waals surface area (Å²) in [4.78, 5) is 15.8. The first-order chi connectivity index (χ1) is 10.1. The average Bonchev–Trinajstić information content (AvgIpc) is 3.11. The number of aromatic nitrogens is 5. The van der Waals surface area contributed by atoms with E-state index in [0.717, 1.165) is 4.68 Å². The van der Waals surface area contributed by atoms with Crippen molar-refractivity contribution in [2.24, 2.45) is 7.05 Å². The van der Waals surface area contributed by atoms with Crippen LogP contribution >= 0.6 is 34.3 Å². The van der Waals surface area contributed by atoms with Gasteiger partial charge in [-0.15, -0.1) is 16.0 Å². The zero-order chi connectivity index (χ0) is 15.0. The molecule has 10 heteroatoms. The molecule has 20 heavy (non-hydrogen) atoms. The van der Waals surface area contributed by atoms with Crippen molar-refractivity contribution in [2.75, 3.05) is 0 Å². The number of tetrazole rings is 1. The summed E-state index contributed by atoms with van der Waals surface area (Å²) in [7, 11) is 1.52. The van der Waals surface area contributed by atoms with Gasteiger partial charge in [0.15, 0.2) is 0 Å². The quantitative estimate of drug-likeness (QED) is 0.727. The third-order valence-corrected chi connectivity index (χ3v) is 4.54. The highest BCUT2D eigenvalue weighted by Gasteiger charge is 2.17. The lowest BCUT2D eigenvalue weighted by molar-refractivity contribution is 0.304. The van der Waals surface area contributed by atoms with Gasteiger partial charge in [-0.25, -0.2) is 9.78 Å². The van der Waals surface area contributed by atoms with Crippen LogP contribution in [0.4, 0.5) is 0 Å². The van der Waals surface area contributed by atoms with Crippen LogP contribution in [-0.4, -0.2) is 24.8 Å². The maximum absolute atomic E-state index is 11.9. The Bertz CT molecular complexity index is 839. The van der Waals surface area contributed by atoms with Crippen molar-refractivity contribution in [3.63, 3.8) is 0 Å². The maximum atomic E-state index is 11.9. The van der Waals surface area contributed by atoms with Gasteiger partial charge in [-0.05, 0) is 10.4 Å². The lowest BCUT2D eigenvalue weighted by Crippen LogP contribution is -2.22. The number of aryl methyl sites for hydroxylation is 1. The lowest BCUT2D eigenvalue weighted by atomic mass is 10.3. The van der Waals surface area contributed by atoms with E-state index in [0.29, 0.717) is 20.8 Å². The van der Waals surface area contributed by atoms with E-state index in [1.54, 1.807) is 10.8 Å². The van der Waals surface area contributed by atoms with Gasteiger partial charge in [0, 0.05) is 29.5 Å².